The highest BCUT2D eigenvalue weighted by Gasteiger charge is 2.20. The molecule has 0 unspecified atom stereocenters. The number of fused-ring (bicyclic) bond motifs is 3. The van der Waals surface area contributed by atoms with Gasteiger partial charge in [0.2, 0.25) is 0 Å². The minimum Gasteiger partial charge on any atom is -0.228 e. The van der Waals surface area contributed by atoms with Crippen molar-refractivity contribution in [3.63, 3.8) is 0 Å². The zero-order chi connectivity index (χ0) is 36.6. The van der Waals surface area contributed by atoms with Gasteiger partial charge < -0.3 is 0 Å². The van der Waals surface area contributed by atoms with Crippen molar-refractivity contribution >= 4 is 31.5 Å². The van der Waals surface area contributed by atoms with Crippen LogP contribution in [-0.4, -0.2) is 24.9 Å². The molecule has 0 fully saturated rings. The Morgan fingerprint density at radius 2 is 0.764 bits per heavy atom. The fourth-order valence-corrected chi connectivity index (χ4v) is 8.41. The smallest absolute Gasteiger partial charge is 0.165 e. The van der Waals surface area contributed by atoms with Gasteiger partial charge in [0.1, 0.15) is 0 Å². The lowest BCUT2D eigenvalue weighted by Crippen LogP contribution is -2.00. The van der Waals surface area contributed by atoms with E-state index in [2.05, 4.69) is 91.0 Å². The second-order valence-electron chi connectivity index (χ2n) is 13.2. The molecular formula is C49H31N5S. The molecular weight excluding hydrogens is 691 g/mol. The van der Waals surface area contributed by atoms with Crippen LogP contribution in [0.25, 0.3) is 99.4 Å². The SMILES string of the molecule is c1ccc(-c2cc(-c3ccccc3-c3cccc4sc5c(-c6nc(-c7ccccc7)nc(-c7ccccc7)n6)cccc5c34)nc(-c3ccccc3)n2)cc1. The maximum absolute atomic E-state index is 5.20. The van der Waals surface area contributed by atoms with Crippen molar-refractivity contribution in [1.82, 2.24) is 24.9 Å². The molecule has 0 atom stereocenters. The van der Waals surface area contributed by atoms with Gasteiger partial charge in [-0.1, -0.05) is 170 Å². The minimum absolute atomic E-state index is 0.645. The lowest BCUT2D eigenvalue weighted by Gasteiger charge is -2.14. The molecule has 0 spiro atoms. The van der Waals surface area contributed by atoms with Crippen LogP contribution in [0.15, 0.2) is 188 Å². The topological polar surface area (TPSA) is 64.5 Å². The standard InChI is InChI=1S/C49H31N5S/c1-5-17-32(18-6-1)41-31-42(51-46(50-41)33-19-7-2-8-20-33)37-26-14-13-25-36(37)38-27-16-30-43-44(38)39-28-15-29-40(45(39)55-43)49-53-47(34-21-9-3-10-22-34)52-48(54-49)35-23-11-4-12-24-35/h1-31H. The Balaban J connectivity index is 1.16. The van der Waals surface area contributed by atoms with Crippen molar-refractivity contribution in [2.45, 2.75) is 0 Å². The normalized spacial score (nSPS) is 11.3. The van der Waals surface area contributed by atoms with E-state index in [4.69, 9.17) is 24.9 Å². The van der Waals surface area contributed by atoms with Crippen molar-refractivity contribution < 1.29 is 0 Å². The summed E-state index contributed by atoms with van der Waals surface area (Å²) in [5.74, 6) is 2.63. The summed E-state index contributed by atoms with van der Waals surface area (Å²) in [6, 6.07) is 64.5. The predicted octanol–water partition coefficient (Wildman–Crippen LogP) is 12.7. The van der Waals surface area contributed by atoms with Crippen molar-refractivity contribution in [2.75, 3.05) is 0 Å². The Kier molecular flexibility index (Phi) is 8.28. The van der Waals surface area contributed by atoms with Gasteiger partial charge in [0.05, 0.1) is 11.4 Å². The summed E-state index contributed by atoms with van der Waals surface area (Å²) in [4.78, 5) is 25.4. The molecule has 0 aliphatic rings. The van der Waals surface area contributed by atoms with Gasteiger partial charge in [-0.3, -0.25) is 0 Å². The zero-order valence-corrected chi connectivity index (χ0v) is 30.4. The monoisotopic (exact) mass is 721 g/mol. The zero-order valence-electron chi connectivity index (χ0n) is 29.5. The molecule has 0 saturated heterocycles. The Morgan fingerprint density at radius 3 is 1.38 bits per heavy atom. The van der Waals surface area contributed by atoms with Gasteiger partial charge >= 0.3 is 0 Å². The lowest BCUT2D eigenvalue weighted by atomic mass is 9.93. The number of rotatable bonds is 7. The first-order valence-corrected chi connectivity index (χ1v) is 19.0. The van der Waals surface area contributed by atoms with Crippen molar-refractivity contribution in [1.29, 1.82) is 0 Å². The van der Waals surface area contributed by atoms with Crippen LogP contribution in [0.5, 0.6) is 0 Å². The van der Waals surface area contributed by atoms with Crippen LogP contribution in [0.2, 0.25) is 0 Å². The summed E-state index contributed by atoms with van der Waals surface area (Å²) in [6.45, 7) is 0. The van der Waals surface area contributed by atoms with Crippen molar-refractivity contribution in [3.05, 3.63) is 188 Å². The van der Waals surface area contributed by atoms with Gasteiger partial charge in [-0.05, 0) is 29.3 Å². The lowest BCUT2D eigenvalue weighted by molar-refractivity contribution is 1.08. The third-order valence-corrected chi connectivity index (χ3v) is 11.0. The Labute approximate surface area is 322 Å². The average molecular weight is 722 g/mol. The van der Waals surface area contributed by atoms with Crippen LogP contribution in [0.3, 0.4) is 0 Å². The molecule has 55 heavy (non-hydrogen) atoms. The Bertz CT molecular complexity index is 2850. The van der Waals surface area contributed by atoms with Gasteiger partial charge in [0.15, 0.2) is 23.3 Å². The van der Waals surface area contributed by atoms with Crippen molar-refractivity contribution in [3.8, 4) is 79.2 Å². The first-order chi connectivity index (χ1) is 27.3. The number of thiophene rings is 1. The summed E-state index contributed by atoms with van der Waals surface area (Å²) < 4.78 is 2.32. The molecule has 0 amide bonds. The molecule has 7 aromatic carbocycles. The van der Waals surface area contributed by atoms with Gasteiger partial charge in [-0.2, -0.15) is 0 Å². The first-order valence-electron chi connectivity index (χ1n) is 18.2. The summed E-state index contributed by atoms with van der Waals surface area (Å²) in [6.07, 6.45) is 0. The Hall–Kier alpha value is -7.15. The molecule has 0 radical (unpaired) electrons. The van der Waals surface area contributed by atoms with E-state index >= 15 is 0 Å². The second-order valence-corrected chi connectivity index (χ2v) is 14.3. The summed E-state index contributed by atoms with van der Waals surface area (Å²) in [5.41, 5.74) is 9.92. The van der Waals surface area contributed by atoms with E-state index in [1.54, 1.807) is 11.3 Å². The average Bonchev–Trinajstić information content (AvgIpc) is 3.67. The fraction of sp³-hybridized carbons (Fsp3) is 0. The largest absolute Gasteiger partial charge is 0.228 e. The van der Waals surface area contributed by atoms with Gasteiger partial charge in [-0.15, -0.1) is 11.3 Å². The highest BCUT2D eigenvalue weighted by Crippen LogP contribution is 2.45. The maximum Gasteiger partial charge on any atom is 0.165 e. The molecule has 0 aliphatic heterocycles. The van der Waals surface area contributed by atoms with Crippen LogP contribution < -0.4 is 0 Å². The summed E-state index contributed by atoms with van der Waals surface area (Å²) in [7, 11) is 0. The van der Waals surface area contributed by atoms with Gasteiger partial charge in [-0.25, -0.2) is 24.9 Å². The fourth-order valence-electron chi connectivity index (χ4n) is 7.18. The molecule has 6 heteroatoms. The number of hydrogen-bond acceptors (Lipinski definition) is 6. The summed E-state index contributed by atoms with van der Waals surface area (Å²) in [5, 5.41) is 2.35. The van der Waals surface area contributed by atoms with E-state index in [-0.39, 0.29) is 0 Å². The molecule has 10 aromatic rings. The number of aromatic nitrogens is 5. The highest BCUT2D eigenvalue weighted by molar-refractivity contribution is 7.26. The molecule has 5 nitrogen and oxygen atoms in total. The second kappa shape index (κ2) is 14.0. The van der Waals surface area contributed by atoms with Gasteiger partial charge in [0, 0.05) is 53.6 Å². The quantitative estimate of drug-likeness (QED) is 0.164. The predicted molar refractivity (Wildman–Crippen MR) is 226 cm³/mol. The molecule has 0 N–H and O–H groups in total. The third-order valence-electron chi connectivity index (χ3n) is 9.78. The molecule has 10 rings (SSSR count). The molecule has 0 bridgehead atoms. The van der Waals surface area contributed by atoms with E-state index in [0.717, 1.165) is 66.0 Å². The summed E-state index contributed by atoms with van der Waals surface area (Å²) >= 11 is 1.77. The van der Waals surface area contributed by atoms with Crippen LogP contribution >= 0.6 is 11.3 Å². The first kappa shape index (κ1) is 32.5. The number of hydrogen-bond donors (Lipinski definition) is 0. The van der Waals surface area contributed by atoms with E-state index in [9.17, 15) is 0 Å². The van der Waals surface area contributed by atoms with Crippen LogP contribution in [0, 0.1) is 0 Å². The molecule has 0 saturated carbocycles. The minimum atomic E-state index is 0.645. The number of nitrogens with zero attached hydrogens (tertiary/aromatic N) is 5. The van der Waals surface area contributed by atoms with E-state index in [0.29, 0.717) is 23.3 Å². The number of benzene rings is 7. The van der Waals surface area contributed by atoms with Crippen molar-refractivity contribution in [2.24, 2.45) is 0 Å². The van der Waals surface area contributed by atoms with E-state index < -0.39 is 0 Å². The van der Waals surface area contributed by atoms with E-state index in [1.807, 2.05) is 97.1 Å². The molecule has 258 valence electrons. The van der Waals surface area contributed by atoms with Crippen LogP contribution in [0.1, 0.15) is 0 Å². The van der Waals surface area contributed by atoms with Gasteiger partial charge in [0.25, 0.3) is 0 Å². The van der Waals surface area contributed by atoms with Crippen LogP contribution in [-0.2, 0) is 0 Å². The van der Waals surface area contributed by atoms with E-state index in [1.165, 1.54) is 10.1 Å². The molecule has 3 aromatic heterocycles. The third kappa shape index (κ3) is 6.14. The Morgan fingerprint density at radius 1 is 0.309 bits per heavy atom. The maximum atomic E-state index is 5.20. The molecule has 3 heterocycles. The highest BCUT2D eigenvalue weighted by atomic mass is 32.1. The van der Waals surface area contributed by atoms with Crippen LogP contribution in [0.4, 0.5) is 0 Å². The molecule has 0 aliphatic carbocycles.